The molecule has 2 aliphatic rings. The molecule has 0 fully saturated rings. The summed E-state index contributed by atoms with van der Waals surface area (Å²) in [7, 11) is 0. The van der Waals surface area contributed by atoms with Crippen molar-refractivity contribution in [1.82, 2.24) is 15.1 Å². The summed E-state index contributed by atoms with van der Waals surface area (Å²) < 4.78 is 5.14. The van der Waals surface area contributed by atoms with E-state index in [9.17, 15) is 4.79 Å². The second-order valence-electron chi connectivity index (χ2n) is 7.56. The fourth-order valence-corrected chi connectivity index (χ4v) is 4.33. The summed E-state index contributed by atoms with van der Waals surface area (Å²) in [5, 5.41) is 12.6. The van der Waals surface area contributed by atoms with E-state index in [0.717, 1.165) is 18.4 Å². The van der Waals surface area contributed by atoms with Crippen LogP contribution in [0.5, 0.6) is 0 Å². The van der Waals surface area contributed by atoms with E-state index in [4.69, 9.17) is 16.1 Å². The predicted molar refractivity (Wildman–Crippen MR) is 117 cm³/mol. The number of rotatable bonds is 3. The van der Waals surface area contributed by atoms with Crippen molar-refractivity contribution in [3.63, 3.8) is 0 Å². The van der Waals surface area contributed by atoms with Crippen molar-refractivity contribution in [1.29, 1.82) is 0 Å². The Labute approximate surface area is 179 Å². The van der Waals surface area contributed by atoms with Crippen LogP contribution in [0.3, 0.4) is 0 Å². The molecular formula is C23H20ClN4O2+. The van der Waals surface area contributed by atoms with Gasteiger partial charge in [0.25, 0.3) is 0 Å². The van der Waals surface area contributed by atoms with Gasteiger partial charge < -0.3 is 4.52 Å². The number of halogens is 1. The normalized spacial score (nSPS) is 19.9. The second kappa shape index (κ2) is 7.23. The molecule has 0 bridgehead atoms. The smallest absolute Gasteiger partial charge is 0.354 e. The van der Waals surface area contributed by atoms with Gasteiger partial charge in [0.15, 0.2) is 11.5 Å². The number of nitrogens with zero attached hydrogens (tertiary/aromatic N) is 3. The van der Waals surface area contributed by atoms with Crippen LogP contribution in [0.25, 0.3) is 11.3 Å². The Morgan fingerprint density at radius 1 is 1.13 bits per heavy atom. The lowest BCUT2D eigenvalue weighted by Crippen LogP contribution is -2.53. The number of carbonyl (C=O) groups is 1. The number of nitrogens with one attached hydrogen (secondary N) is 1. The number of allylic oxidation sites excluding steroid dienone is 1. The quantitative estimate of drug-likeness (QED) is 0.607. The fourth-order valence-electron chi connectivity index (χ4n) is 4.20. The highest BCUT2D eigenvalue weighted by molar-refractivity contribution is 6.30. The Morgan fingerprint density at radius 3 is 2.47 bits per heavy atom. The Morgan fingerprint density at radius 2 is 1.83 bits per heavy atom. The summed E-state index contributed by atoms with van der Waals surface area (Å²) in [5.41, 5.74) is 4.52. The van der Waals surface area contributed by atoms with Gasteiger partial charge in [-0.25, -0.2) is 4.79 Å². The van der Waals surface area contributed by atoms with Crippen LogP contribution in [-0.4, -0.2) is 23.4 Å². The Balaban J connectivity index is 1.50. The first-order valence-electron chi connectivity index (χ1n) is 9.79. The molecule has 150 valence electrons. The molecule has 30 heavy (non-hydrogen) atoms. The highest BCUT2D eigenvalue weighted by atomic mass is 35.5. The summed E-state index contributed by atoms with van der Waals surface area (Å²) in [6, 6.07) is 15.4. The first-order valence-corrected chi connectivity index (χ1v) is 10.2. The van der Waals surface area contributed by atoms with E-state index in [0.29, 0.717) is 22.2 Å². The minimum Gasteiger partial charge on any atom is -0.354 e. The Hall–Kier alpha value is -3.22. The summed E-state index contributed by atoms with van der Waals surface area (Å²) in [5.74, 6) is 0.536. The van der Waals surface area contributed by atoms with Crippen LogP contribution >= 0.6 is 11.6 Å². The molecule has 2 heterocycles. The van der Waals surface area contributed by atoms with Crippen LogP contribution in [0, 0.1) is 6.92 Å². The van der Waals surface area contributed by atoms with Crippen molar-refractivity contribution in [2.75, 3.05) is 0 Å². The van der Waals surface area contributed by atoms with Crippen LogP contribution in [0.1, 0.15) is 16.9 Å². The van der Waals surface area contributed by atoms with E-state index < -0.39 is 0 Å². The number of amides is 2. The van der Waals surface area contributed by atoms with Gasteiger partial charge in [-0.15, -0.1) is 0 Å². The summed E-state index contributed by atoms with van der Waals surface area (Å²) in [4.78, 5) is 13.6. The molecule has 0 saturated carbocycles. The molecule has 7 heteroatoms. The first-order chi connectivity index (χ1) is 14.6. The van der Waals surface area contributed by atoms with E-state index in [1.807, 2.05) is 24.3 Å². The maximum atomic E-state index is 13.6. The molecule has 5 rings (SSSR count). The van der Waals surface area contributed by atoms with Gasteiger partial charge in [-0.3, -0.25) is 5.32 Å². The maximum Gasteiger partial charge on any atom is 0.453 e. The third-order valence-electron chi connectivity index (χ3n) is 5.62. The molecule has 1 aliphatic heterocycles. The minimum absolute atomic E-state index is 0.0215. The molecule has 0 spiro atoms. The van der Waals surface area contributed by atoms with Crippen LogP contribution < -0.4 is 9.91 Å². The molecule has 1 unspecified atom stereocenters. The second-order valence-corrected chi connectivity index (χ2v) is 7.99. The number of aryl methyl sites for hydroxylation is 1. The van der Waals surface area contributed by atoms with Gasteiger partial charge in [0, 0.05) is 29.6 Å². The van der Waals surface area contributed by atoms with Crippen LogP contribution in [0.4, 0.5) is 10.5 Å². The summed E-state index contributed by atoms with van der Waals surface area (Å²) in [6.45, 7) is 1.79. The number of hydrogen-bond donors (Lipinski definition) is 1. The largest absolute Gasteiger partial charge is 0.453 e. The van der Waals surface area contributed by atoms with Gasteiger partial charge >= 0.3 is 6.03 Å². The molecule has 1 aromatic heterocycles. The molecule has 2 amide bonds. The molecule has 3 aromatic rings. The average molecular weight is 420 g/mol. The highest BCUT2D eigenvalue weighted by Gasteiger charge is 2.47. The van der Waals surface area contributed by atoms with Crippen molar-refractivity contribution < 1.29 is 9.32 Å². The topological polar surface area (TPSA) is 67.5 Å². The summed E-state index contributed by atoms with van der Waals surface area (Å²) in [6.07, 6.45) is 6.75. The number of urea groups is 1. The third-order valence-corrected chi connectivity index (χ3v) is 5.87. The molecule has 1 N–H and O–H groups in total. The molecule has 6 nitrogen and oxygen atoms in total. The van der Waals surface area contributed by atoms with Crippen molar-refractivity contribution in [2.24, 2.45) is 5.10 Å². The molecule has 0 saturated heterocycles. The van der Waals surface area contributed by atoms with E-state index >= 15 is 0 Å². The zero-order valence-electron chi connectivity index (χ0n) is 16.4. The lowest BCUT2D eigenvalue weighted by Gasteiger charge is -2.24. The maximum absolute atomic E-state index is 13.6. The number of aromatic nitrogens is 1. The van der Waals surface area contributed by atoms with Gasteiger partial charge in [0.1, 0.15) is 6.20 Å². The third kappa shape index (κ3) is 3.05. The predicted octanol–water partition coefficient (Wildman–Crippen LogP) is 5.00. The zero-order valence-corrected chi connectivity index (χ0v) is 17.1. The standard InChI is InChI=1S/C23H19ClN4O2/c1-15-22(21(27-30-15)16-7-9-19(24)10-8-16)28(12-4-11-25-28)23(29)26-20-13-17-5-2-3-6-18(17)14-20/h2-12,20H,13-14H2,1H3/p+1. The summed E-state index contributed by atoms with van der Waals surface area (Å²) >= 11 is 6.04. The number of benzene rings is 2. The number of quaternary nitrogens is 1. The van der Waals surface area contributed by atoms with E-state index in [2.05, 4.69) is 27.7 Å². The lowest BCUT2D eigenvalue weighted by molar-refractivity contribution is 0.213. The Bertz CT molecular complexity index is 1140. The zero-order chi connectivity index (χ0) is 20.7. The molecule has 1 aliphatic carbocycles. The van der Waals surface area contributed by atoms with E-state index in [-0.39, 0.29) is 16.7 Å². The number of fused-ring (bicyclic) bond motifs is 1. The number of carbonyl (C=O) groups excluding carboxylic acids is 1. The van der Waals surface area contributed by atoms with Crippen molar-refractivity contribution in [2.45, 2.75) is 25.8 Å². The van der Waals surface area contributed by atoms with Gasteiger partial charge in [0.2, 0.25) is 5.69 Å². The fraction of sp³-hybridized carbons (Fsp3) is 0.174. The van der Waals surface area contributed by atoms with Gasteiger partial charge in [-0.2, -0.15) is 0 Å². The first kappa shape index (κ1) is 18.8. The average Bonchev–Trinajstić information content (AvgIpc) is 3.46. The lowest BCUT2D eigenvalue weighted by atomic mass is 10.1. The van der Waals surface area contributed by atoms with Crippen molar-refractivity contribution in [3.8, 4) is 11.3 Å². The van der Waals surface area contributed by atoms with Crippen LogP contribution in [0.15, 0.2) is 70.4 Å². The minimum atomic E-state index is -0.361. The molecular weight excluding hydrogens is 400 g/mol. The monoisotopic (exact) mass is 419 g/mol. The van der Waals surface area contributed by atoms with Crippen molar-refractivity contribution >= 4 is 29.5 Å². The van der Waals surface area contributed by atoms with Gasteiger partial charge in [0.05, 0.1) is 6.21 Å². The van der Waals surface area contributed by atoms with Gasteiger partial charge in [-0.05, 0) is 36.1 Å². The number of hydrogen-bond acceptors (Lipinski definition) is 4. The molecule has 2 aromatic carbocycles. The Kier molecular flexibility index (Phi) is 4.53. The molecule has 1 atom stereocenters. The van der Waals surface area contributed by atoms with E-state index in [1.54, 1.807) is 37.5 Å². The highest BCUT2D eigenvalue weighted by Crippen LogP contribution is 2.40. The van der Waals surface area contributed by atoms with Crippen LogP contribution in [-0.2, 0) is 12.8 Å². The van der Waals surface area contributed by atoms with Gasteiger partial charge in [-0.1, -0.05) is 62.8 Å². The SMILES string of the molecule is Cc1onc(-c2ccc(Cl)cc2)c1[N+]1(C(=O)NC2Cc3ccccc3C2)C=CC=N1. The molecule has 0 radical (unpaired) electrons. The van der Waals surface area contributed by atoms with E-state index in [1.165, 1.54) is 11.1 Å². The van der Waals surface area contributed by atoms with Crippen LogP contribution in [0.2, 0.25) is 5.02 Å². The van der Waals surface area contributed by atoms with Crippen molar-refractivity contribution in [3.05, 3.63) is 82.7 Å².